The van der Waals surface area contributed by atoms with Gasteiger partial charge in [0.15, 0.2) is 0 Å². The predicted octanol–water partition coefficient (Wildman–Crippen LogP) is -0.879. The summed E-state index contributed by atoms with van der Waals surface area (Å²) in [6.07, 6.45) is 1.96. The molecule has 5 nitrogen and oxygen atoms in total. The second-order valence-electron chi connectivity index (χ2n) is 3.53. The van der Waals surface area contributed by atoms with Crippen molar-refractivity contribution in [1.29, 1.82) is 0 Å². The molecule has 13 heavy (non-hydrogen) atoms. The maximum atomic E-state index is 10.8. The van der Waals surface area contributed by atoms with E-state index in [9.17, 15) is 8.42 Å². The number of nitrogens with one attached hydrogen (secondary N) is 1. The molecule has 1 fully saturated rings. The minimum absolute atomic E-state index is 0.523. The number of hydrogen-bond donors (Lipinski definition) is 2. The highest BCUT2D eigenvalue weighted by atomic mass is 32.2. The molecule has 0 amide bonds. The highest BCUT2D eigenvalue weighted by molar-refractivity contribution is 7.86. The minimum Gasteiger partial charge on any atom is -0.316 e. The number of nitrogens with two attached hydrogens (primary N) is 1. The van der Waals surface area contributed by atoms with Crippen molar-refractivity contribution in [3.05, 3.63) is 0 Å². The van der Waals surface area contributed by atoms with Crippen LogP contribution in [0.25, 0.3) is 0 Å². The topological polar surface area (TPSA) is 75.4 Å². The van der Waals surface area contributed by atoms with Gasteiger partial charge in [0.25, 0.3) is 10.2 Å². The molecule has 0 atom stereocenters. The number of rotatable bonds is 5. The van der Waals surface area contributed by atoms with Crippen LogP contribution in [0.1, 0.15) is 12.8 Å². The van der Waals surface area contributed by atoms with Gasteiger partial charge in [0, 0.05) is 13.6 Å². The summed E-state index contributed by atoms with van der Waals surface area (Å²) in [5, 5.41) is 8.10. The van der Waals surface area contributed by atoms with Crippen LogP contribution in [0.5, 0.6) is 0 Å². The normalized spacial score (nSPS) is 19.0. The third-order valence-electron chi connectivity index (χ3n) is 2.39. The maximum absolute atomic E-state index is 10.8. The van der Waals surface area contributed by atoms with Gasteiger partial charge in [0.2, 0.25) is 0 Å². The molecule has 0 spiro atoms. The third kappa shape index (κ3) is 3.60. The van der Waals surface area contributed by atoms with Gasteiger partial charge in [-0.2, -0.15) is 12.7 Å². The van der Waals surface area contributed by atoms with E-state index in [0.717, 1.165) is 31.8 Å². The lowest BCUT2D eigenvalue weighted by atomic mass is 9.98. The first-order valence-corrected chi connectivity index (χ1v) is 5.95. The Hall–Kier alpha value is -0.170. The van der Waals surface area contributed by atoms with E-state index in [2.05, 4.69) is 5.32 Å². The zero-order chi connectivity index (χ0) is 9.90. The predicted molar refractivity (Wildman–Crippen MR) is 51.3 cm³/mol. The first kappa shape index (κ1) is 10.9. The molecule has 1 rings (SSSR count). The van der Waals surface area contributed by atoms with Crippen molar-refractivity contribution in [2.45, 2.75) is 12.8 Å². The zero-order valence-corrected chi connectivity index (χ0v) is 8.68. The van der Waals surface area contributed by atoms with Crippen LogP contribution in [0.3, 0.4) is 0 Å². The molecule has 1 aliphatic heterocycles. The molecule has 0 aromatic carbocycles. The first-order valence-electron chi connectivity index (χ1n) is 4.45. The van der Waals surface area contributed by atoms with Gasteiger partial charge in [-0.05, 0) is 31.8 Å². The number of nitrogens with zero attached hydrogens (tertiary/aromatic N) is 1. The Kier molecular flexibility index (Phi) is 3.66. The standard InChI is InChI=1S/C7H17N3O2S/c1-10(13(8,11)12)4-2-3-7-5-9-6-7/h7,9H,2-6H2,1H3,(H2,8,11,12). The molecule has 1 aliphatic rings. The largest absolute Gasteiger partial charge is 0.316 e. The van der Waals surface area contributed by atoms with E-state index in [1.54, 1.807) is 0 Å². The maximum Gasteiger partial charge on any atom is 0.276 e. The molecule has 0 aromatic rings. The van der Waals surface area contributed by atoms with E-state index in [1.807, 2.05) is 0 Å². The molecule has 1 heterocycles. The van der Waals surface area contributed by atoms with Gasteiger partial charge in [-0.25, -0.2) is 5.14 Å². The van der Waals surface area contributed by atoms with Gasteiger partial charge < -0.3 is 5.32 Å². The van der Waals surface area contributed by atoms with Crippen LogP contribution in [0.2, 0.25) is 0 Å². The second kappa shape index (κ2) is 4.36. The summed E-state index contributed by atoms with van der Waals surface area (Å²) in [6.45, 7) is 2.66. The molecule has 3 N–H and O–H groups in total. The molecule has 0 bridgehead atoms. The molecule has 0 saturated carbocycles. The Morgan fingerprint density at radius 3 is 2.54 bits per heavy atom. The van der Waals surface area contributed by atoms with Crippen molar-refractivity contribution in [3.63, 3.8) is 0 Å². The molecule has 0 radical (unpaired) electrons. The van der Waals surface area contributed by atoms with Gasteiger partial charge in [0.05, 0.1) is 0 Å². The second-order valence-corrected chi connectivity index (χ2v) is 5.19. The summed E-state index contributed by atoms with van der Waals surface area (Å²) in [5.74, 6) is 0.730. The van der Waals surface area contributed by atoms with E-state index >= 15 is 0 Å². The molecular formula is C7H17N3O2S. The van der Waals surface area contributed by atoms with Gasteiger partial charge in [-0.3, -0.25) is 0 Å². The Balaban J connectivity index is 2.11. The molecule has 0 unspecified atom stereocenters. The lowest BCUT2D eigenvalue weighted by Gasteiger charge is -2.27. The summed E-state index contributed by atoms with van der Waals surface area (Å²) in [6, 6.07) is 0. The molecule has 6 heteroatoms. The van der Waals surface area contributed by atoms with Gasteiger partial charge in [0.1, 0.15) is 0 Å². The van der Waals surface area contributed by atoms with Crippen molar-refractivity contribution in [1.82, 2.24) is 9.62 Å². The zero-order valence-electron chi connectivity index (χ0n) is 7.86. The summed E-state index contributed by atoms with van der Waals surface area (Å²) < 4.78 is 22.8. The fraction of sp³-hybridized carbons (Fsp3) is 1.00. The van der Waals surface area contributed by atoms with Gasteiger partial charge in [-0.1, -0.05) is 0 Å². The summed E-state index contributed by atoms with van der Waals surface area (Å²) in [5.41, 5.74) is 0. The van der Waals surface area contributed by atoms with Crippen molar-refractivity contribution in [2.24, 2.45) is 11.1 Å². The Labute approximate surface area is 79.5 Å². The van der Waals surface area contributed by atoms with Crippen molar-refractivity contribution >= 4 is 10.2 Å². The first-order chi connectivity index (χ1) is 6.00. The van der Waals surface area contributed by atoms with E-state index in [0.29, 0.717) is 6.54 Å². The highest BCUT2D eigenvalue weighted by Gasteiger charge is 2.17. The van der Waals surface area contributed by atoms with Crippen LogP contribution in [0, 0.1) is 5.92 Å². The molecule has 78 valence electrons. The molecule has 0 aliphatic carbocycles. The fourth-order valence-electron chi connectivity index (χ4n) is 1.28. The SMILES string of the molecule is CN(CCCC1CNC1)S(N)(=O)=O. The van der Waals surface area contributed by atoms with Crippen LogP contribution in [0.15, 0.2) is 0 Å². The van der Waals surface area contributed by atoms with Crippen molar-refractivity contribution in [2.75, 3.05) is 26.7 Å². The number of hydrogen-bond acceptors (Lipinski definition) is 3. The Morgan fingerprint density at radius 2 is 2.15 bits per heavy atom. The van der Waals surface area contributed by atoms with E-state index in [1.165, 1.54) is 11.4 Å². The fourth-order valence-corrected chi connectivity index (χ4v) is 1.67. The smallest absolute Gasteiger partial charge is 0.276 e. The van der Waals surface area contributed by atoms with E-state index in [-0.39, 0.29) is 0 Å². The van der Waals surface area contributed by atoms with Crippen LogP contribution in [0.4, 0.5) is 0 Å². The van der Waals surface area contributed by atoms with Gasteiger partial charge >= 0.3 is 0 Å². The molecule has 1 saturated heterocycles. The lowest BCUT2D eigenvalue weighted by Crippen LogP contribution is -2.42. The Bertz CT molecular complexity index is 248. The van der Waals surface area contributed by atoms with Crippen LogP contribution < -0.4 is 10.5 Å². The van der Waals surface area contributed by atoms with Crippen LogP contribution >= 0.6 is 0 Å². The quantitative estimate of drug-likeness (QED) is 0.615. The molecular weight excluding hydrogens is 190 g/mol. The summed E-state index contributed by atoms with van der Waals surface area (Å²) >= 11 is 0. The van der Waals surface area contributed by atoms with Gasteiger partial charge in [-0.15, -0.1) is 0 Å². The average Bonchev–Trinajstić information content (AvgIpc) is 1.91. The lowest BCUT2D eigenvalue weighted by molar-refractivity contribution is 0.310. The minimum atomic E-state index is -3.47. The van der Waals surface area contributed by atoms with Crippen molar-refractivity contribution < 1.29 is 8.42 Å². The van der Waals surface area contributed by atoms with E-state index < -0.39 is 10.2 Å². The summed E-state index contributed by atoms with van der Waals surface area (Å²) in [7, 11) is -1.96. The van der Waals surface area contributed by atoms with E-state index in [4.69, 9.17) is 5.14 Å². The Morgan fingerprint density at radius 1 is 1.54 bits per heavy atom. The highest BCUT2D eigenvalue weighted by Crippen LogP contribution is 2.11. The van der Waals surface area contributed by atoms with Crippen LogP contribution in [-0.4, -0.2) is 39.4 Å². The molecule has 0 aromatic heterocycles. The monoisotopic (exact) mass is 207 g/mol. The van der Waals surface area contributed by atoms with Crippen molar-refractivity contribution in [3.8, 4) is 0 Å². The third-order valence-corrected chi connectivity index (χ3v) is 3.44. The van der Waals surface area contributed by atoms with Crippen LogP contribution in [-0.2, 0) is 10.2 Å². The average molecular weight is 207 g/mol. The summed E-state index contributed by atoms with van der Waals surface area (Å²) in [4.78, 5) is 0.